The van der Waals surface area contributed by atoms with Gasteiger partial charge in [-0.05, 0) is 34.0 Å². The van der Waals surface area contributed by atoms with Gasteiger partial charge in [-0.3, -0.25) is 0 Å². The van der Waals surface area contributed by atoms with E-state index in [0.29, 0.717) is 5.92 Å². The summed E-state index contributed by atoms with van der Waals surface area (Å²) < 4.78 is 0.851. The molecule has 1 unspecified atom stereocenters. The lowest BCUT2D eigenvalue weighted by atomic mass is 9.97. The van der Waals surface area contributed by atoms with Crippen LogP contribution in [0, 0.1) is 5.92 Å². The van der Waals surface area contributed by atoms with Crippen LogP contribution in [0.1, 0.15) is 32.0 Å². The van der Waals surface area contributed by atoms with Crippen LogP contribution in [0.15, 0.2) is 22.8 Å². The largest absolute Gasteiger partial charge is 0.322 e. The molecule has 0 aliphatic carbocycles. The number of hydrogen-bond acceptors (Lipinski definition) is 2. The highest BCUT2D eigenvalue weighted by Gasteiger charge is 2.13. The molecule has 0 aliphatic heterocycles. The van der Waals surface area contributed by atoms with Crippen LogP contribution in [-0.2, 0) is 0 Å². The number of aromatic nitrogens is 1. The summed E-state index contributed by atoms with van der Waals surface area (Å²) in [6.07, 6.45) is 1.08. The fraction of sp³-hybridized carbons (Fsp3) is 0.500. The fourth-order valence-electron chi connectivity index (χ4n) is 1.16. The van der Waals surface area contributed by atoms with Crippen molar-refractivity contribution in [2.45, 2.75) is 26.3 Å². The first-order valence-electron chi connectivity index (χ1n) is 4.53. The van der Waals surface area contributed by atoms with Gasteiger partial charge in [0, 0.05) is 6.04 Å². The van der Waals surface area contributed by atoms with Crippen molar-refractivity contribution in [1.82, 2.24) is 4.98 Å². The van der Waals surface area contributed by atoms with Crippen molar-refractivity contribution in [3.63, 3.8) is 0 Å². The fourth-order valence-corrected chi connectivity index (χ4v) is 1.51. The molecule has 0 amide bonds. The zero-order chi connectivity index (χ0) is 9.84. The average Bonchev–Trinajstić information content (AvgIpc) is 2.15. The van der Waals surface area contributed by atoms with Crippen LogP contribution in [0.2, 0.25) is 0 Å². The highest BCUT2D eigenvalue weighted by molar-refractivity contribution is 9.10. The van der Waals surface area contributed by atoms with E-state index in [1.807, 2.05) is 18.2 Å². The molecule has 1 aromatic rings. The van der Waals surface area contributed by atoms with Gasteiger partial charge in [0.25, 0.3) is 0 Å². The molecule has 80 valence electrons. The van der Waals surface area contributed by atoms with Crippen LogP contribution in [0.3, 0.4) is 0 Å². The lowest BCUT2D eigenvalue weighted by Crippen LogP contribution is -2.19. The van der Waals surface area contributed by atoms with E-state index in [0.717, 1.165) is 16.7 Å². The minimum Gasteiger partial charge on any atom is -0.322 e. The second kappa shape index (κ2) is 6.38. The summed E-state index contributed by atoms with van der Waals surface area (Å²) in [6.45, 7) is 4.29. The molecule has 2 N–H and O–H groups in total. The summed E-state index contributed by atoms with van der Waals surface area (Å²) in [5.74, 6) is 0.474. The van der Waals surface area contributed by atoms with Crippen molar-refractivity contribution in [1.29, 1.82) is 0 Å². The number of pyridine rings is 1. The topological polar surface area (TPSA) is 38.9 Å². The Morgan fingerprint density at radius 3 is 2.64 bits per heavy atom. The molecule has 0 spiro atoms. The highest BCUT2D eigenvalue weighted by atomic mass is 79.9. The molecule has 14 heavy (non-hydrogen) atoms. The summed E-state index contributed by atoms with van der Waals surface area (Å²) in [5.41, 5.74) is 7.00. The van der Waals surface area contributed by atoms with Gasteiger partial charge < -0.3 is 5.73 Å². The standard InChI is InChI=1S/C10H15BrN2.ClH/c1-3-7(2)10(12)8-5-4-6-9(11)13-8;/h4-7,10H,3,12H2,1-2H3;1H/t7?,10-;/m0./s1. The maximum atomic E-state index is 6.03. The summed E-state index contributed by atoms with van der Waals surface area (Å²) in [6, 6.07) is 5.89. The van der Waals surface area contributed by atoms with E-state index in [-0.39, 0.29) is 18.4 Å². The number of rotatable bonds is 3. The molecule has 0 radical (unpaired) electrons. The molecular formula is C10H16BrClN2. The minimum absolute atomic E-state index is 0. The van der Waals surface area contributed by atoms with Crippen LogP contribution in [0.25, 0.3) is 0 Å². The van der Waals surface area contributed by atoms with Gasteiger partial charge in [-0.1, -0.05) is 26.3 Å². The third-order valence-electron chi connectivity index (χ3n) is 2.34. The molecule has 0 saturated heterocycles. The third-order valence-corrected chi connectivity index (χ3v) is 2.78. The Morgan fingerprint density at radius 1 is 1.50 bits per heavy atom. The van der Waals surface area contributed by atoms with Gasteiger partial charge in [-0.15, -0.1) is 12.4 Å². The third kappa shape index (κ3) is 3.56. The summed E-state index contributed by atoms with van der Waals surface area (Å²) in [7, 11) is 0. The van der Waals surface area contributed by atoms with Crippen molar-refractivity contribution in [3.8, 4) is 0 Å². The van der Waals surface area contributed by atoms with Crippen LogP contribution in [0.4, 0.5) is 0 Å². The van der Waals surface area contributed by atoms with Gasteiger partial charge in [0.15, 0.2) is 0 Å². The van der Waals surface area contributed by atoms with Crippen LogP contribution >= 0.6 is 28.3 Å². The first kappa shape index (κ1) is 13.9. The van der Waals surface area contributed by atoms with Gasteiger partial charge in [0.1, 0.15) is 4.60 Å². The molecule has 2 nitrogen and oxygen atoms in total. The highest BCUT2D eigenvalue weighted by Crippen LogP contribution is 2.21. The van der Waals surface area contributed by atoms with Gasteiger partial charge >= 0.3 is 0 Å². The van der Waals surface area contributed by atoms with Crippen LogP contribution < -0.4 is 5.73 Å². The monoisotopic (exact) mass is 278 g/mol. The molecule has 4 heteroatoms. The molecule has 0 fully saturated rings. The molecule has 1 rings (SSSR count). The predicted molar refractivity (Wildman–Crippen MR) is 65.6 cm³/mol. The first-order chi connectivity index (χ1) is 6.15. The van der Waals surface area contributed by atoms with Crippen molar-refractivity contribution < 1.29 is 0 Å². The molecule has 0 saturated carbocycles. The Hall–Kier alpha value is -0.120. The van der Waals surface area contributed by atoms with E-state index in [2.05, 4.69) is 34.8 Å². The number of halogens is 2. The van der Waals surface area contributed by atoms with Crippen LogP contribution in [0.5, 0.6) is 0 Å². The lowest BCUT2D eigenvalue weighted by molar-refractivity contribution is 0.448. The van der Waals surface area contributed by atoms with Gasteiger partial charge in [0.2, 0.25) is 0 Å². The quantitative estimate of drug-likeness (QED) is 0.862. The zero-order valence-corrected chi connectivity index (χ0v) is 10.8. The maximum Gasteiger partial charge on any atom is 0.106 e. The average molecular weight is 280 g/mol. The molecule has 0 aliphatic rings. The molecule has 1 aromatic heterocycles. The van der Waals surface area contributed by atoms with Gasteiger partial charge in [-0.25, -0.2) is 4.98 Å². The van der Waals surface area contributed by atoms with E-state index in [1.165, 1.54) is 0 Å². The van der Waals surface area contributed by atoms with E-state index in [4.69, 9.17) is 5.73 Å². The normalized spacial score (nSPS) is 14.3. The summed E-state index contributed by atoms with van der Waals surface area (Å²) in [4.78, 5) is 4.33. The lowest BCUT2D eigenvalue weighted by Gasteiger charge is -2.17. The number of nitrogens with two attached hydrogens (primary N) is 1. The Balaban J connectivity index is 0.00000169. The second-order valence-electron chi connectivity index (χ2n) is 3.30. The van der Waals surface area contributed by atoms with Gasteiger partial charge in [0.05, 0.1) is 5.69 Å². The smallest absolute Gasteiger partial charge is 0.106 e. The number of hydrogen-bond donors (Lipinski definition) is 1. The maximum absolute atomic E-state index is 6.03. The van der Waals surface area contributed by atoms with Crippen molar-refractivity contribution in [2.24, 2.45) is 11.7 Å². The van der Waals surface area contributed by atoms with E-state index < -0.39 is 0 Å². The van der Waals surface area contributed by atoms with Crippen LogP contribution in [-0.4, -0.2) is 4.98 Å². The number of nitrogens with zero attached hydrogens (tertiary/aromatic N) is 1. The molecule has 0 aromatic carbocycles. The summed E-state index contributed by atoms with van der Waals surface area (Å²) >= 11 is 3.33. The Bertz CT molecular complexity index is 281. The zero-order valence-electron chi connectivity index (χ0n) is 8.40. The van der Waals surface area contributed by atoms with Crippen molar-refractivity contribution >= 4 is 28.3 Å². The SMILES string of the molecule is CCC(C)[C@H](N)c1cccc(Br)n1.Cl. The van der Waals surface area contributed by atoms with E-state index in [9.17, 15) is 0 Å². The molecular weight excluding hydrogens is 263 g/mol. The molecule has 0 bridgehead atoms. The van der Waals surface area contributed by atoms with Gasteiger partial charge in [-0.2, -0.15) is 0 Å². The Labute approximate surface area is 99.8 Å². The Morgan fingerprint density at radius 2 is 2.14 bits per heavy atom. The molecule has 2 atom stereocenters. The Kier molecular flexibility index (Phi) is 6.33. The van der Waals surface area contributed by atoms with Crippen molar-refractivity contribution in [3.05, 3.63) is 28.5 Å². The van der Waals surface area contributed by atoms with E-state index in [1.54, 1.807) is 0 Å². The first-order valence-corrected chi connectivity index (χ1v) is 5.32. The van der Waals surface area contributed by atoms with Crippen molar-refractivity contribution in [2.75, 3.05) is 0 Å². The second-order valence-corrected chi connectivity index (χ2v) is 4.11. The minimum atomic E-state index is 0. The molecule has 1 heterocycles. The van der Waals surface area contributed by atoms with E-state index >= 15 is 0 Å². The predicted octanol–water partition coefficient (Wildman–Crippen LogP) is 3.31. The summed E-state index contributed by atoms with van der Waals surface area (Å²) in [5, 5.41) is 0.